The van der Waals surface area contributed by atoms with Gasteiger partial charge in [-0.3, -0.25) is 0 Å². The predicted molar refractivity (Wildman–Crippen MR) is 49.2 cm³/mol. The first-order valence-electron chi connectivity index (χ1n) is 2.66. The average Bonchev–Trinajstić information content (AvgIpc) is 1.66. The molecule has 0 aromatic carbocycles. The first-order valence-corrected chi connectivity index (χ1v) is 9.84. The molecule has 48 valence electrons. The van der Waals surface area contributed by atoms with Crippen molar-refractivity contribution in [2.24, 2.45) is 0 Å². The number of hydrogen-bond donors (Lipinski definition) is 0. The third kappa shape index (κ3) is 6.92. The molecule has 0 nitrogen and oxygen atoms in total. The maximum atomic E-state index is 3.64. The topological polar surface area (TPSA) is 0 Å². The van der Waals surface area contributed by atoms with E-state index in [2.05, 4.69) is 37.2 Å². The molecular weight excluding hydrogens is 248 g/mol. The van der Waals surface area contributed by atoms with Gasteiger partial charge in [-0.15, -0.1) is 37.2 Å². The molecule has 0 heterocycles. The molecule has 0 atom stereocenters. The number of hydrogen-bond acceptors (Lipinski definition) is 0. The van der Waals surface area contributed by atoms with Crippen molar-refractivity contribution in [3.05, 3.63) is 12.7 Å². The largest absolute Gasteiger partial charge is 0.186 e. The van der Waals surface area contributed by atoms with Crippen LogP contribution >= 0.6 is 30.6 Å². The van der Waals surface area contributed by atoms with Gasteiger partial charge in [-0.25, -0.2) is 0 Å². The normalized spacial score (nSPS) is 9.88. The number of halogens is 2. The number of rotatable bonds is 4. The molecule has 0 saturated carbocycles. The van der Waals surface area contributed by atoms with E-state index < -0.39 is 6.04 Å². The summed E-state index contributed by atoms with van der Waals surface area (Å²) in [6.07, 6.45) is 4.40. The predicted octanol–water partition coefficient (Wildman–Crippen LogP) is 2.96. The Labute approximate surface area is 68.1 Å². The van der Waals surface area contributed by atoms with Crippen molar-refractivity contribution in [2.75, 3.05) is 0 Å². The van der Waals surface area contributed by atoms with Gasteiger partial charge in [0.15, 0.2) is 6.04 Å². The first kappa shape index (κ1) is 8.92. The Hall–Kier alpha value is 0.917. The number of allylic oxidation sites excluding steroid dienone is 1. The quantitative estimate of drug-likeness (QED) is 0.315. The van der Waals surface area contributed by atoms with E-state index in [4.69, 9.17) is 0 Å². The van der Waals surface area contributed by atoms with Crippen molar-refractivity contribution in [3.8, 4) is 0 Å². The molecule has 0 N–H and O–H groups in total. The number of unbranched alkanes of at least 4 members (excludes halogenated alkanes) is 1. The van der Waals surface area contributed by atoms with Crippen LogP contribution in [0.1, 0.15) is 12.8 Å². The van der Waals surface area contributed by atoms with E-state index in [1.807, 2.05) is 6.08 Å². The molecule has 0 radical (unpaired) electrons. The van der Waals surface area contributed by atoms with E-state index in [0.29, 0.717) is 0 Å². The van der Waals surface area contributed by atoms with Gasteiger partial charge in [-0.05, 0) is 12.5 Å². The fourth-order valence-corrected chi connectivity index (χ4v) is 2.90. The van der Waals surface area contributed by atoms with Crippen molar-refractivity contribution >= 4 is 36.6 Å². The lowest BCUT2D eigenvalue weighted by atomic mass is 10.3. The van der Waals surface area contributed by atoms with Crippen LogP contribution in [0, 0.1) is 0 Å². The molecule has 0 spiro atoms. The van der Waals surface area contributed by atoms with Gasteiger partial charge in [0.1, 0.15) is 0 Å². The van der Waals surface area contributed by atoms with Gasteiger partial charge in [-0.1, -0.05) is 12.5 Å². The average molecular weight is 258 g/mol. The Balaban J connectivity index is 2.81. The third-order valence-corrected chi connectivity index (χ3v) is 4.42. The fourth-order valence-electron chi connectivity index (χ4n) is 0.416. The molecule has 0 unspecified atom stereocenters. The molecular formula is C5H10Br2Si. The second-order valence-corrected chi connectivity index (χ2v) is 13.3. The lowest BCUT2D eigenvalue weighted by molar-refractivity contribution is 0.956. The summed E-state index contributed by atoms with van der Waals surface area (Å²) >= 11 is 7.05. The fraction of sp³-hybridized carbons (Fsp3) is 0.600. The summed E-state index contributed by atoms with van der Waals surface area (Å²) in [7, 11) is 0. The zero-order valence-electron chi connectivity index (χ0n) is 4.74. The standard InChI is InChI=1S/C5H10Br2Si/c1-2-3-4-5-8(6)7/h2,8H,1,3-5H2. The smallest absolute Gasteiger partial charge is 0.116 e. The molecule has 0 aromatic rings. The molecule has 0 aliphatic heterocycles. The van der Waals surface area contributed by atoms with Crippen LogP contribution in [-0.2, 0) is 0 Å². The highest BCUT2D eigenvalue weighted by molar-refractivity contribution is 9.49. The van der Waals surface area contributed by atoms with E-state index in [1.165, 1.54) is 12.5 Å². The monoisotopic (exact) mass is 256 g/mol. The Morgan fingerprint density at radius 1 is 1.50 bits per heavy atom. The van der Waals surface area contributed by atoms with E-state index in [-0.39, 0.29) is 0 Å². The van der Waals surface area contributed by atoms with E-state index in [0.717, 1.165) is 6.42 Å². The molecule has 8 heavy (non-hydrogen) atoms. The van der Waals surface area contributed by atoms with Gasteiger partial charge in [-0.2, -0.15) is 0 Å². The van der Waals surface area contributed by atoms with Crippen LogP contribution in [0.15, 0.2) is 12.7 Å². The van der Waals surface area contributed by atoms with Crippen molar-refractivity contribution in [3.63, 3.8) is 0 Å². The van der Waals surface area contributed by atoms with Gasteiger partial charge in [0.2, 0.25) is 0 Å². The van der Waals surface area contributed by atoms with Crippen LogP contribution in [0.2, 0.25) is 6.04 Å². The van der Waals surface area contributed by atoms with Crippen LogP contribution < -0.4 is 0 Å². The van der Waals surface area contributed by atoms with E-state index in [9.17, 15) is 0 Å². The molecule has 3 heteroatoms. The maximum absolute atomic E-state index is 3.64. The SMILES string of the molecule is C=CCCC[SiH](Br)Br. The van der Waals surface area contributed by atoms with E-state index >= 15 is 0 Å². The Morgan fingerprint density at radius 2 is 2.12 bits per heavy atom. The molecule has 0 aliphatic rings. The lowest BCUT2D eigenvalue weighted by Gasteiger charge is -1.93. The van der Waals surface area contributed by atoms with Crippen molar-refractivity contribution in [1.29, 1.82) is 0 Å². The zero-order valence-corrected chi connectivity index (χ0v) is 9.07. The van der Waals surface area contributed by atoms with E-state index in [1.54, 1.807) is 0 Å². The minimum atomic E-state index is -0.625. The van der Waals surface area contributed by atoms with Gasteiger partial charge < -0.3 is 0 Å². The summed E-state index contributed by atoms with van der Waals surface area (Å²) in [6, 6.07) is 0.687. The van der Waals surface area contributed by atoms with Gasteiger partial charge in [0, 0.05) is 0 Å². The van der Waals surface area contributed by atoms with Crippen molar-refractivity contribution in [1.82, 2.24) is 0 Å². The minimum absolute atomic E-state index is 0.625. The third-order valence-electron chi connectivity index (χ3n) is 0.831. The van der Waals surface area contributed by atoms with Crippen LogP contribution in [0.4, 0.5) is 0 Å². The summed E-state index contributed by atoms with van der Waals surface area (Å²) in [5.41, 5.74) is 0. The maximum Gasteiger partial charge on any atom is 0.186 e. The summed E-state index contributed by atoms with van der Waals surface area (Å²) in [6.45, 7) is 3.64. The summed E-state index contributed by atoms with van der Waals surface area (Å²) in [4.78, 5) is 0. The first-order chi connectivity index (χ1) is 3.77. The Morgan fingerprint density at radius 3 is 2.50 bits per heavy atom. The molecule has 0 aliphatic carbocycles. The Bertz CT molecular complexity index is 63.4. The second kappa shape index (κ2) is 6.04. The highest BCUT2D eigenvalue weighted by Gasteiger charge is 1.96. The summed E-state index contributed by atoms with van der Waals surface area (Å²) < 4.78 is 0. The molecule has 0 rings (SSSR count). The highest BCUT2D eigenvalue weighted by Crippen LogP contribution is 2.12. The molecule has 0 bridgehead atoms. The van der Waals surface area contributed by atoms with Crippen molar-refractivity contribution < 1.29 is 0 Å². The van der Waals surface area contributed by atoms with Gasteiger partial charge >= 0.3 is 0 Å². The molecule has 0 aromatic heterocycles. The Kier molecular flexibility index (Phi) is 6.74. The summed E-state index contributed by atoms with van der Waals surface area (Å²) in [5, 5.41) is 0. The molecule has 0 amide bonds. The zero-order chi connectivity index (χ0) is 6.41. The second-order valence-electron chi connectivity index (χ2n) is 1.61. The van der Waals surface area contributed by atoms with Crippen LogP contribution in [0.3, 0.4) is 0 Å². The van der Waals surface area contributed by atoms with Crippen molar-refractivity contribution in [2.45, 2.75) is 18.9 Å². The summed E-state index contributed by atoms with van der Waals surface area (Å²) in [5.74, 6) is 0. The highest BCUT2D eigenvalue weighted by atomic mass is 79.9. The van der Waals surface area contributed by atoms with Crippen LogP contribution in [0.5, 0.6) is 0 Å². The van der Waals surface area contributed by atoms with Crippen LogP contribution in [-0.4, -0.2) is 6.04 Å². The minimum Gasteiger partial charge on any atom is -0.116 e. The van der Waals surface area contributed by atoms with Gasteiger partial charge in [0.25, 0.3) is 0 Å². The molecule has 0 fully saturated rings. The molecule has 0 saturated heterocycles. The lowest BCUT2D eigenvalue weighted by Crippen LogP contribution is -1.87. The van der Waals surface area contributed by atoms with Gasteiger partial charge in [0.05, 0.1) is 0 Å². The van der Waals surface area contributed by atoms with Crippen LogP contribution in [0.25, 0.3) is 0 Å².